The molecule has 0 atom stereocenters. The van der Waals surface area contributed by atoms with Crippen LogP contribution in [-0.4, -0.2) is 28.8 Å². The highest BCUT2D eigenvalue weighted by atomic mass is 32.1. The van der Waals surface area contributed by atoms with Gasteiger partial charge in [0, 0.05) is 28.1 Å². The molecule has 1 aromatic carbocycles. The number of thiazole rings is 1. The lowest BCUT2D eigenvalue weighted by molar-refractivity contribution is 0.0971. The van der Waals surface area contributed by atoms with E-state index in [1.807, 2.05) is 38.1 Å². The van der Waals surface area contributed by atoms with Crippen LogP contribution in [0.5, 0.6) is 5.75 Å². The maximum Gasteiger partial charge on any atom is 0.274 e. The third kappa shape index (κ3) is 3.22. The number of carbonyl (C=O) groups excluding carboxylic acids is 2. The zero-order valence-corrected chi connectivity index (χ0v) is 16.8. The van der Waals surface area contributed by atoms with Crippen molar-refractivity contribution >= 4 is 28.2 Å². The first-order chi connectivity index (χ1) is 13.5. The number of methoxy groups -OCH3 is 1. The molecule has 0 bridgehead atoms. The molecule has 0 aliphatic heterocycles. The first kappa shape index (κ1) is 18.4. The summed E-state index contributed by atoms with van der Waals surface area (Å²) in [6.45, 7) is 3.80. The van der Waals surface area contributed by atoms with E-state index in [1.165, 1.54) is 11.3 Å². The standard InChI is InChI=1S/C21H21N3O3S/c1-11-17-15(5-4-6-16(17)25)22-18(11)20(26)24-21-23-19(12(2)28-21)13-7-9-14(27-3)10-8-13/h7-10,22H,4-6H2,1-3H3,(H,23,24,26). The number of aromatic amines is 1. The summed E-state index contributed by atoms with van der Waals surface area (Å²) >= 11 is 1.43. The number of nitrogens with one attached hydrogen (secondary N) is 2. The summed E-state index contributed by atoms with van der Waals surface area (Å²) in [6.07, 6.45) is 2.17. The highest BCUT2D eigenvalue weighted by Crippen LogP contribution is 2.32. The van der Waals surface area contributed by atoms with E-state index in [-0.39, 0.29) is 11.7 Å². The average molecular weight is 395 g/mol. The van der Waals surface area contributed by atoms with Crippen LogP contribution in [0.25, 0.3) is 11.3 Å². The average Bonchev–Trinajstić information content (AvgIpc) is 3.22. The van der Waals surface area contributed by atoms with Gasteiger partial charge in [-0.05, 0) is 56.5 Å². The van der Waals surface area contributed by atoms with Crippen molar-refractivity contribution in [1.82, 2.24) is 9.97 Å². The molecule has 2 heterocycles. The van der Waals surface area contributed by atoms with Crippen LogP contribution in [0, 0.1) is 13.8 Å². The smallest absolute Gasteiger partial charge is 0.274 e. The maximum atomic E-state index is 12.8. The molecule has 0 saturated heterocycles. The van der Waals surface area contributed by atoms with Crippen LogP contribution in [0.15, 0.2) is 24.3 Å². The highest BCUT2D eigenvalue weighted by Gasteiger charge is 2.26. The Hall–Kier alpha value is -2.93. The SMILES string of the molecule is COc1ccc(-c2nc(NC(=O)c3[nH]c4c(c3C)C(=O)CCC4)sc2C)cc1. The number of ether oxygens (including phenoxy) is 1. The third-order valence-electron chi connectivity index (χ3n) is 5.04. The fraction of sp³-hybridized carbons (Fsp3) is 0.286. The van der Waals surface area contributed by atoms with Gasteiger partial charge in [0.15, 0.2) is 10.9 Å². The molecule has 28 heavy (non-hydrogen) atoms. The Morgan fingerprint density at radius 3 is 2.64 bits per heavy atom. The second kappa shape index (κ2) is 7.24. The molecule has 3 aromatic rings. The Morgan fingerprint density at radius 1 is 1.21 bits per heavy atom. The van der Waals surface area contributed by atoms with Crippen LogP contribution < -0.4 is 10.1 Å². The van der Waals surface area contributed by atoms with Crippen LogP contribution in [0.4, 0.5) is 5.13 Å². The topological polar surface area (TPSA) is 84.1 Å². The summed E-state index contributed by atoms with van der Waals surface area (Å²) in [5.41, 5.74) is 4.52. The summed E-state index contributed by atoms with van der Waals surface area (Å²) in [4.78, 5) is 33.7. The summed E-state index contributed by atoms with van der Waals surface area (Å²) in [5.74, 6) is 0.626. The van der Waals surface area contributed by atoms with Gasteiger partial charge in [0.1, 0.15) is 11.4 Å². The molecule has 0 unspecified atom stereocenters. The van der Waals surface area contributed by atoms with Crippen molar-refractivity contribution < 1.29 is 14.3 Å². The number of carbonyl (C=O) groups is 2. The van der Waals surface area contributed by atoms with E-state index in [4.69, 9.17) is 4.74 Å². The van der Waals surface area contributed by atoms with Crippen molar-refractivity contribution in [2.24, 2.45) is 0 Å². The molecule has 4 rings (SSSR count). The van der Waals surface area contributed by atoms with Gasteiger partial charge in [0.05, 0.1) is 12.8 Å². The van der Waals surface area contributed by atoms with Crippen molar-refractivity contribution in [1.29, 1.82) is 0 Å². The van der Waals surface area contributed by atoms with Crippen molar-refractivity contribution in [3.8, 4) is 17.0 Å². The molecular formula is C21H21N3O3S. The van der Waals surface area contributed by atoms with E-state index in [0.717, 1.165) is 46.0 Å². The molecule has 0 radical (unpaired) electrons. The number of benzene rings is 1. The van der Waals surface area contributed by atoms with Crippen LogP contribution in [0.2, 0.25) is 0 Å². The number of fused-ring (bicyclic) bond motifs is 1. The third-order valence-corrected chi connectivity index (χ3v) is 5.93. The monoisotopic (exact) mass is 395 g/mol. The van der Waals surface area contributed by atoms with Gasteiger partial charge in [-0.15, -0.1) is 11.3 Å². The van der Waals surface area contributed by atoms with E-state index < -0.39 is 0 Å². The molecule has 0 spiro atoms. The first-order valence-corrected chi connectivity index (χ1v) is 9.97. The summed E-state index contributed by atoms with van der Waals surface area (Å²) in [6, 6.07) is 7.66. The van der Waals surface area contributed by atoms with Crippen LogP contribution in [-0.2, 0) is 6.42 Å². The highest BCUT2D eigenvalue weighted by molar-refractivity contribution is 7.16. The van der Waals surface area contributed by atoms with Gasteiger partial charge in [0.25, 0.3) is 5.91 Å². The van der Waals surface area contributed by atoms with E-state index in [9.17, 15) is 9.59 Å². The maximum absolute atomic E-state index is 12.8. The molecule has 1 aliphatic carbocycles. The number of aromatic nitrogens is 2. The van der Waals surface area contributed by atoms with Crippen molar-refractivity contribution in [2.75, 3.05) is 12.4 Å². The Morgan fingerprint density at radius 2 is 1.96 bits per heavy atom. The normalized spacial score (nSPS) is 13.3. The molecule has 1 amide bonds. The van der Waals surface area contributed by atoms with Gasteiger partial charge in [-0.25, -0.2) is 4.98 Å². The molecule has 1 aliphatic rings. The largest absolute Gasteiger partial charge is 0.497 e. The summed E-state index contributed by atoms with van der Waals surface area (Å²) in [7, 11) is 1.63. The van der Waals surface area contributed by atoms with Crippen LogP contribution in [0.1, 0.15) is 49.8 Å². The summed E-state index contributed by atoms with van der Waals surface area (Å²) in [5, 5.41) is 3.41. The lowest BCUT2D eigenvalue weighted by Crippen LogP contribution is -2.13. The number of Topliss-reactive ketones (excluding diaryl/α,β-unsaturated/α-hetero) is 1. The minimum Gasteiger partial charge on any atom is -0.497 e. The predicted molar refractivity (Wildman–Crippen MR) is 110 cm³/mol. The second-order valence-electron chi connectivity index (χ2n) is 6.86. The number of nitrogens with zero attached hydrogens (tertiary/aromatic N) is 1. The lowest BCUT2D eigenvalue weighted by atomic mass is 9.94. The van der Waals surface area contributed by atoms with E-state index in [2.05, 4.69) is 15.3 Å². The number of amides is 1. The van der Waals surface area contributed by atoms with Gasteiger partial charge in [-0.3, -0.25) is 14.9 Å². The predicted octanol–water partition coefficient (Wildman–Crippen LogP) is 4.53. The minimum absolute atomic E-state index is 0.112. The quantitative estimate of drug-likeness (QED) is 0.679. The molecule has 2 aromatic heterocycles. The van der Waals surface area contributed by atoms with Gasteiger partial charge < -0.3 is 9.72 Å². The Bertz CT molecular complexity index is 1060. The summed E-state index contributed by atoms with van der Waals surface area (Å²) < 4.78 is 5.19. The first-order valence-electron chi connectivity index (χ1n) is 9.15. The minimum atomic E-state index is -0.269. The number of hydrogen-bond acceptors (Lipinski definition) is 5. The van der Waals surface area contributed by atoms with Gasteiger partial charge in [0.2, 0.25) is 0 Å². The molecule has 0 fully saturated rings. The van der Waals surface area contributed by atoms with E-state index in [1.54, 1.807) is 7.11 Å². The number of anilines is 1. The molecule has 2 N–H and O–H groups in total. The molecular weight excluding hydrogens is 374 g/mol. The van der Waals surface area contributed by atoms with Gasteiger partial charge >= 0.3 is 0 Å². The Kier molecular flexibility index (Phi) is 4.77. The molecule has 7 heteroatoms. The number of ketones is 1. The number of H-pyrrole nitrogens is 1. The Balaban J connectivity index is 1.58. The van der Waals surface area contributed by atoms with Gasteiger partial charge in [-0.1, -0.05) is 0 Å². The van der Waals surface area contributed by atoms with E-state index in [0.29, 0.717) is 22.8 Å². The molecule has 6 nitrogen and oxygen atoms in total. The van der Waals surface area contributed by atoms with Crippen molar-refractivity contribution in [3.63, 3.8) is 0 Å². The van der Waals surface area contributed by atoms with Crippen molar-refractivity contribution in [3.05, 3.63) is 51.7 Å². The fourth-order valence-electron chi connectivity index (χ4n) is 3.63. The Labute approximate surface area is 167 Å². The zero-order valence-electron chi connectivity index (χ0n) is 16.0. The van der Waals surface area contributed by atoms with Crippen molar-refractivity contribution in [2.45, 2.75) is 33.1 Å². The van der Waals surface area contributed by atoms with Crippen LogP contribution in [0.3, 0.4) is 0 Å². The molecule has 144 valence electrons. The lowest BCUT2D eigenvalue weighted by Gasteiger charge is -2.09. The van der Waals surface area contributed by atoms with Crippen LogP contribution >= 0.6 is 11.3 Å². The van der Waals surface area contributed by atoms with E-state index >= 15 is 0 Å². The van der Waals surface area contributed by atoms with Gasteiger partial charge in [-0.2, -0.15) is 0 Å². The number of hydrogen-bond donors (Lipinski definition) is 2. The fourth-order valence-corrected chi connectivity index (χ4v) is 4.46. The number of aryl methyl sites for hydroxylation is 2. The zero-order chi connectivity index (χ0) is 19.8. The number of rotatable bonds is 4. The molecule has 0 saturated carbocycles. The second-order valence-corrected chi connectivity index (χ2v) is 8.06.